The number of carboxylic acids is 1. The third kappa shape index (κ3) is 8.01. The second-order valence-corrected chi connectivity index (χ2v) is 13.6. The van der Waals surface area contributed by atoms with Crippen LogP contribution in [0.15, 0.2) is 55.0 Å². The van der Waals surface area contributed by atoms with E-state index in [2.05, 4.69) is 43.9 Å². The molecule has 264 valence electrons. The van der Waals surface area contributed by atoms with Crippen molar-refractivity contribution in [3.05, 3.63) is 82.6 Å². The van der Waals surface area contributed by atoms with Gasteiger partial charge in [-0.3, -0.25) is 9.58 Å². The molecule has 7 rings (SSSR count). The predicted molar refractivity (Wildman–Crippen MR) is 184 cm³/mol. The fourth-order valence-corrected chi connectivity index (χ4v) is 7.59. The molecule has 2 aliphatic rings. The number of anilines is 2. The second kappa shape index (κ2) is 14.9. The van der Waals surface area contributed by atoms with Gasteiger partial charge in [0.05, 0.1) is 23.2 Å². The molecule has 10 nitrogen and oxygen atoms in total. The van der Waals surface area contributed by atoms with Crippen molar-refractivity contribution in [2.24, 2.45) is 0 Å². The number of rotatable bonds is 9. The number of nitrogens with one attached hydrogen (secondary N) is 1. The van der Waals surface area contributed by atoms with Crippen LogP contribution in [0, 0.1) is 5.82 Å². The van der Waals surface area contributed by atoms with Crippen molar-refractivity contribution in [1.29, 1.82) is 0 Å². The number of carboxylic acid groups (broad SMARTS) is 1. The van der Waals surface area contributed by atoms with Gasteiger partial charge in [0.2, 0.25) is 0 Å². The molecule has 1 unspecified atom stereocenters. The second-order valence-electron chi connectivity index (χ2n) is 12.2. The number of halogens is 5. The normalized spacial score (nSPS) is 15.8. The maximum absolute atomic E-state index is 13.5. The van der Waals surface area contributed by atoms with E-state index < -0.39 is 12.1 Å². The van der Waals surface area contributed by atoms with Crippen LogP contribution in [0.3, 0.4) is 0 Å². The molecule has 0 saturated carbocycles. The Kier molecular flexibility index (Phi) is 10.6. The summed E-state index contributed by atoms with van der Waals surface area (Å²) in [6, 6.07) is 12.5. The first kappa shape index (κ1) is 35.5. The third-order valence-electron chi connectivity index (χ3n) is 8.72. The molecule has 2 N–H and O–H groups in total. The van der Waals surface area contributed by atoms with Crippen LogP contribution in [-0.4, -0.2) is 86.6 Å². The van der Waals surface area contributed by atoms with E-state index >= 15 is 0 Å². The monoisotopic (exact) mass is 731 g/mol. The number of ether oxygens (including phenoxy) is 1. The number of aliphatic carboxylic acids is 1. The Balaban J connectivity index is 0.000000561. The van der Waals surface area contributed by atoms with E-state index in [1.54, 1.807) is 23.7 Å². The average molecular weight is 732 g/mol. The minimum Gasteiger partial charge on any atom is -0.487 e. The predicted octanol–water partition coefficient (Wildman–Crippen LogP) is 7.04. The fourth-order valence-electron chi connectivity index (χ4n) is 6.13. The number of nitrogens with zero attached hydrogens (tertiary/aromatic N) is 6. The number of aromatic nitrogens is 4. The van der Waals surface area contributed by atoms with Crippen molar-refractivity contribution in [2.75, 3.05) is 39.0 Å². The van der Waals surface area contributed by atoms with Gasteiger partial charge in [-0.1, -0.05) is 23.7 Å². The number of hydrogen-bond donors (Lipinski definition) is 2. The smallest absolute Gasteiger partial charge is 0.487 e. The zero-order valence-electron chi connectivity index (χ0n) is 27.2. The van der Waals surface area contributed by atoms with Crippen molar-refractivity contribution in [2.45, 2.75) is 44.6 Å². The first-order valence-corrected chi connectivity index (χ1v) is 17.0. The lowest BCUT2D eigenvalue weighted by Crippen LogP contribution is -2.33. The van der Waals surface area contributed by atoms with Gasteiger partial charge >= 0.3 is 12.1 Å². The molecule has 0 bridgehead atoms. The molecule has 50 heavy (non-hydrogen) atoms. The van der Waals surface area contributed by atoms with Gasteiger partial charge in [-0.2, -0.15) is 18.3 Å². The number of likely N-dealkylation sites (N-methyl/N-ethyl adjacent to an activating group) is 1. The number of hydrogen-bond acceptors (Lipinski definition) is 9. The Hall–Kier alpha value is -4.31. The summed E-state index contributed by atoms with van der Waals surface area (Å²) < 4.78 is 53.3. The first-order chi connectivity index (χ1) is 23.9. The Bertz CT molecular complexity index is 2000. The van der Waals surface area contributed by atoms with Gasteiger partial charge < -0.3 is 20.1 Å². The van der Waals surface area contributed by atoms with Crippen LogP contribution in [0.2, 0.25) is 5.02 Å². The topological polar surface area (TPSA) is 109 Å². The van der Waals surface area contributed by atoms with Gasteiger partial charge in [-0.05, 0) is 81.4 Å². The van der Waals surface area contributed by atoms with Gasteiger partial charge in [-0.15, -0.1) is 11.3 Å². The molecular formula is C34H34ClF4N7O3S. The first-order valence-electron chi connectivity index (χ1n) is 15.8. The van der Waals surface area contributed by atoms with Gasteiger partial charge in [-0.25, -0.2) is 19.2 Å². The highest BCUT2D eigenvalue weighted by molar-refractivity contribution is 7.22. The van der Waals surface area contributed by atoms with Gasteiger partial charge in [0.15, 0.2) is 0 Å². The summed E-state index contributed by atoms with van der Waals surface area (Å²) in [5.74, 6) is -1.76. The molecule has 0 radical (unpaired) electrons. The van der Waals surface area contributed by atoms with Crippen molar-refractivity contribution in [3.63, 3.8) is 0 Å². The van der Waals surface area contributed by atoms with Crippen molar-refractivity contribution in [3.8, 4) is 16.2 Å². The number of carbonyl (C=O) groups is 1. The van der Waals surface area contributed by atoms with Gasteiger partial charge in [0.25, 0.3) is 0 Å². The van der Waals surface area contributed by atoms with E-state index in [4.69, 9.17) is 31.3 Å². The van der Waals surface area contributed by atoms with Crippen molar-refractivity contribution in [1.82, 2.24) is 29.5 Å². The Morgan fingerprint density at radius 2 is 1.96 bits per heavy atom. The molecule has 1 aliphatic carbocycles. The number of alkyl halides is 3. The average Bonchev–Trinajstić information content (AvgIpc) is 3.80. The summed E-state index contributed by atoms with van der Waals surface area (Å²) in [5, 5.41) is 16.9. The Morgan fingerprint density at radius 1 is 1.16 bits per heavy atom. The lowest BCUT2D eigenvalue weighted by atomic mass is 9.95. The number of aryl methyl sites for hydroxylation is 1. The van der Waals surface area contributed by atoms with Crippen LogP contribution >= 0.6 is 22.9 Å². The summed E-state index contributed by atoms with van der Waals surface area (Å²) >= 11 is 8.27. The van der Waals surface area contributed by atoms with Crippen LogP contribution in [-0.2, 0) is 30.8 Å². The lowest BCUT2D eigenvalue weighted by molar-refractivity contribution is -0.192. The quantitative estimate of drug-likeness (QED) is 0.154. The summed E-state index contributed by atoms with van der Waals surface area (Å²) in [6.45, 7) is 4.43. The molecule has 3 aromatic heterocycles. The molecule has 5 aromatic rings. The summed E-state index contributed by atoms with van der Waals surface area (Å²) in [7, 11) is 4.34. The Labute approximate surface area is 294 Å². The van der Waals surface area contributed by atoms with Crippen molar-refractivity contribution >= 4 is 50.6 Å². The summed E-state index contributed by atoms with van der Waals surface area (Å²) in [6.07, 6.45) is 1.62. The van der Waals surface area contributed by atoms with E-state index in [-0.39, 0.29) is 12.4 Å². The van der Waals surface area contributed by atoms with Crippen molar-refractivity contribution < 1.29 is 32.2 Å². The lowest BCUT2D eigenvalue weighted by Gasteiger charge is -2.21. The number of thiophene rings is 1. The molecule has 0 spiro atoms. The summed E-state index contributed by atoms with van der Waals surface area (Å²) in [4.78, 5) is 25.2. The summed E-state index contributed by atoms with van der Waals surface area (Å²) in [5.41, 5.74) is 5.33. The van der Waals surface area contributed by atoms with Crippen LogP contribution in [0.4, 0.5) is 29.1 Å². The van der Waals surface area contributed by atoms with E-state index in [9.17, 15) is 17.6 Å². The van der Waals surface area contributed by atoms with Gasteiger partial charge in [0, 0.05) is 41.0 Å². The molecule has 0 amide bonds. The zero-order chi connectivity index (χ0) is 35.6. The fraction of sp³-hybridized carbons (Fsp3) is 0.353. The highest BCUT2D eigenvalue weighted by atomic mass is 35.5. The Morgan fingerprint density at radius 3 is 2.66 bits per heavy atom. The molecule has 1 saturated heterocycles. The van der Waals surface area contributed by atoms with E-state index in [1.807, 2.05) is 30.5 Å². The number of benzene rings is 2. The third-order valence-corrected chi connectivity index (χ3v) is 10.2. The largest absolute Gasteiger partial charge is 0.490 e. The highest BCUT2D eigenvalue weighted by Gasteiger charge is 2.38. The van der Waals surface area contributed by atoms with Crippen LogP contribution in [0.25, 0.3) is 20.7 Å². The molecule has 1 fully saturated rings. The molecule has 4 heterocycles. The molecule has 1 atom stereocenters. The minimum atomic E-state index is -5.08. The van der Waals surface area contributed by atoms with Crippen LogP contribution in [0.5, 0.6) is 5.75 Å². The SMILES string of the molecule is CN(C)C1CCN(CCn2ncc3c2CCc2c-3sc3ncnc(Nc4ccc(OCc5cccc(F)c5)c(Cl)c4)c23)C1.O=C(O)C(F)(F)F. The van der Waals surface area contributed by atoms with Crippen LogP contribution in [0.1, 0.15) is 23.2 Å². The molecule has 16 heteroatoms. The molecule has 2 aromatic carbocycles. The molecular weight excluding hydrogens is 698 g/mol. The zero-order valence-corrected chi connectivity index (χ0v) is 28.7. The minimum absolute atomic E-state index is 0.228. The number of likely N-dealkylation sites (tertiary alicyclic amines) is 1. The molecule has 1 aliphatic heterocycles. The van der Waals surface area contributed by atoms with E-state index in [0.29, 0.717) is 16.8 Å². The van der Waals surface area contributed by atoms with Gasteiger partial charge in [0.1, 0.15) is 35.1 Å². The van der Waals surface area contributed by atoms with Crippen LogP contribution < -0.4 is 10.1 Å². The number of fused-ring (bicyclic) bond motifs is 5. The maximum Gasteiger partial charge on any atom is 0.490 e. The standard InChI is InChI=1S/C32H33ClFN7OS.C2HF3O2/c1-39(2)23-10-11-40(17-23)12-13-41-27-8-7-24-29-31(35-19-36-32(29)43-30(24)25(27)16-37-41)38-22-6-9-28(26(33)15-22)42-18-20-4-3-5-21(34)14-20;3-2(4,5)1(6)7/h3-6,9,14-16,19,23H,7-8,10-13,17-18H2,1-2H3,(H,35,36,38);(H,6,7). The van der Waals surface area contributed by atoms with E-state index in [1.165, 1.54) is 40.3 Å². The highest BCUT2D eigenvalue weighted by Crippen LogP contribution is 2.45. The maximum atomic E-state index is 13.5. The van der Waals surface area contributed by atoms with E-state index in [0.717, 1.165) is 66.3 Å².